The van der Waals surface area contributed by atoms with Gasteiger partial charge in [0.25, 0.3) is 0 Å². The number of benzene rings is 2. The van der Waals surface area contributed by atoms with Crippen molar-refractivity contribution >= 4 is 29.3 Å². The van der Waals surface area contributed by atoms with Crippen molar-refractivity contribution in [3.05, 3.63) is 70.4 Å². The third kappa shape index (κ3) is 5.23. The van der Waals surface area contributed by atoms with E-state index in [1.165, 1.54) is 7.11 Å². The lowest BCUT2D eigenvalue weighted by Gasteiger charge is -2.38. The van der Waals surface area contributed by atoms with Crippen LogP contribution in [-0.4, -0.2) is 63.8 Å². The minimum Gasteiger partial charge on any atom is -0.497 e. The Kier molecular flexibility index (Phi) is 7.05. The Labute approximate surface area is 198 Å². The van der Waals surface area contributed by atoms with Gasteiger partial charge in [-0.1, -0.05) is 23.7 Å². The van der Waals surface area contributed by atoms with E-state index in [-0.39, 0.29) is 6.03 Å². The van der Waals surface area contributed by atoms with Crippen molar-refractivity contribution in [2.24, 2.45) is 0 Å². The van der Waals surface area contributed by atoms with Crippen LogP contribution in [0.25, 0.3) is 0 Å². The minimum absolute atomic E-state index is 0.356. The fourth-order valence-electron chi connectivity index (χ4n) is 4.20. The van der Waals surface area contributed by atoms with Gasteiger partial charge in [-0.25, -0.2) is 9.59 Å². The number of anilines is 1. The molecule has 0 saturated carbocycles. The molecule has 4 rings (SSSR count). The molecule has 2 aliphatic heterocycles. The number of amides is 2. The summed E-state index contributed by atoms with van der Waals surface area (Å²) in [6, 6.07) is 14.1. The fourth-order valence-corrected chi connectivity index (χ4v) is 4.33. The first-order valence-electron chi connectivity index (χ1n) is 10.7. The van der Waals surface area contributed by atoms with Crippen LogP contribution >= 0.6 is 11.6 Å². The maximum Gasteiger partial charge on any atom is 0.338 e. The first-order chi connectivity index (χ1) is 16.0. The molecule has 2 amide bonds. The molecule has 9 heteroatoms. The summed E-state index contributed by atoms with van der Waals surface area (Å²) in [5.74, 6) is 0.162. The number of rotatable bonds is 6. The number of urea groups is 1. The average Bonchev–Trinajstić information content (AvgIpc) is 2.84. The maximum absolute atomic E-state index is 12.8. The van der Waals surface area contributed by atoms with E-state index in [1.807, 2.05) is 48.5 Å². The Hall–Kier alpha value is -3.23. The Morgan fingerprint density at radius 2 is 1.82 bits per heavy atom. The first-order valence-corrected chi connectivity index (χ1v) is 11.1. The predicted octanol–water partition coefficient (Wildman–Crippen LogP) is 2.95. The second-order valence-corrected chi connectivity index (χ2v) is 8.37. The minimum atomic E-state index is -0.633. The van der Waals surface area contributed by atoms with Gasteiger partial charge in [0, 0.05) is 49.1 Å². The van der Waals surface area contributed by atoms with E-state index in [1.54, 1.807) is 7.11 Å². The lowest BCUT2D eigenvalue weighted by atomic mass is 9.94. The highest BCUT2D eigenvalue weighted by molar-refractivity contribution is 6.30. The van der Waals surface area contributed by atoms with Crippen molar-refractivity contribution in [3.8, 4) is 5.75 Å². The van der Waals surface area contributed by atoms with E-state index in [9.17, 15) is 9.59 Å². The third-order valence-corrected chi connectivity index (χ3v) is 6.18. The highest BCUT2D eigenvalue weighted by atomic mass is 35.5. The van der Waals surface area contributed by atoms with E-state index in [4.69, 9.17) is 21.1 Å². The van der Waals surface area contributed by atoms with Crippen molar-refractivity contribution < 1.29 is 19.1 Å². The van der Waals surface area contributed by atoms with Crippen LogP contribution in [-0.2, 0) is 9.53 Å². The summed E-state index contributed by atoms with van der Waals surface area (Å²) in [6.07, 6.45) is 0. The molecule has 2 aliphatic rings. The predicted molar refractivity (Wildman–Crippen MR) is 127 cm³/mol. The van der Waals surface area contributed by atoms with Crippen LogP contribution in [0.5, 0.6) is 5.75 Å². The molecule has 0 radical (unpaired) electrons. The van der Waals surface area contributed by atoms with Crippen LogP contribution in [0.1, 0.15) is 11.6 Å². The SMILES string of the molecule is COC(=O)C1=C(CN2CCN(c3ccc(Cl)cc3)CC2)NC(=O)NC1c1cccc(OC)c1. The Morgan fingerprint density at radius 1 is 1.09 bits per heavy atom. The third-order valence-electron chi connectivity index (χ3n) is 5.93. The molecule has 0 bridgehead atoms. The molecular weight excluding hydrogens is 444 g/mol. The number of esters is 1. The van der Waals surface area contributed by atoms with Crippen LogP contribution in [0.3, 0.4) is 0 Å². The maximum atomic E-state index is 12.8. The van der Waals surface area contributed by atoms with Gasteiger partial charge in [-0.3, -0.25) is 4.90 Å². The molecule has 1 saturated heterocycles. The zero-order valence-electron chi connectivity index (χ0n) is 18.6. The topological polar surface area (TPSA) is 83.1 Å². The summed E-state index contributed by atoms with van der Waals surface area (Å²) in [4.78, 5) is 29.8. The largest absolute Gasteiger partial charge is 0.497 e. The van der Waals surface area contributed by atoms with Gasteiger partial charge >= 0.3 is 12.0 Å². The summed E-state index contributed by atoms with van der Waals surface area (Å²) >= 11 is 6.00. The summed E-state index contributed by atoms with van der Waals surface area (Å²) in [5.41, 5.74) is 2.82. The number of nitrogens with zero attached hydrogens (tertiary/aromatic N) is 2. The first kappa shape index (κ1) is 22.9. The number of halogens is 1. The molecule has 2 N–H and O–H groups in total. The fraction of sp³-hybridized carbons (Fsp3) is 0.333. The van der Waals surface area contributed by atoms with E-state index in [2.05, 4.69) is 20.4 Å². The number of piperazine rings is 1. The number of hydrogen-bond acceptors (Lipinski definition) is 6. The van der Waals surface area contributed by atoms with E-state index in [0.717, 1.165) is 37.4 Å². The van der Waals surface area contributed by atoms with E-state index < -0.39 is 12.0 Å². The molecule has 1 unspecified atom stereocenters. The Bertz CT molecular complexity index is 1050. The zero-order chi connectivity index (χ0) is 23.4. The molecule has 174 valence electrons. The molecule has 2 heterocycles. The summed E-state index contributed by atoms with van der Waals surface area (Å²) in [6.45, 7) is 3.66. The number of carbonyl (C=O) groups excluding carboxylic acids is 2. The molecular formula is C24H27ClN4O4. The number of hydrogen-bond donors (Lipinski definition) is 2. The van der Waals surface area contributed by atoms with Crippen molar-refractivity contribution in [1.82, 2.24) is 15.5 Å². The van der Waals surface area contributed by atoms with Gasteiger partial charge in [0.05, 0.1) is 25.8 Å². The van der Waals surface area contributed by atoms with Crippen molar-refractivity contribution in [2.45, 2.75) is 6.04 Å². The lowest BCUT2D eigenvalue weighted by Crippen LogP contribution is -2.51. The standard InChI is InChI=1S/C24H27ClN4O4/c1-32-19-5-3-4-16(14-19)22-21(23(30)33-2)20(26-24(31)27-22)15-28-10-12-29(13-11-28)18-8-6-17(25)7-9-18/h3-9,14,22H,10-13,15H2,1-2H3,(H2,26,27,31). The summed E-state index contributed by atoms with van der Waals surface area (Å²) < 4.78 is 10.4. The second kappa shape index (κ2) is 10.1. The lowest BCUT2D eigenvalue weighted by molar-refractivity contribution is -0.136. The van der Waals surface area contributed by atoms with Crippen molar-refractivity contribution in [2.75, 3.05) is 51.8 Å². The van der Waals surface area contributed by atoms with Crippen molar-refractivity contribution in [1.29, 1.82) is 0 Å². The molecule has 2 aromatic carbocycles. The second-order valence-electron chi connectivity index (χ2n) is 7.93. The number of nitrogens with one attached hydrogen (secondary N) is 2. The van der Waals surface area contributed by atoms with Crippen LogP contribution in [0, 0.1) is 0 Å². The molecule has 0 spiro atoms. The Morgan fingerprint density at radius 3 is 2.48 bits per heavy atom. The van der Waals surface area contributed by atoms with E-state index >= 15 is 0 Å². The summed E-state index contributed by atoms with van der Waals surface area (Å²) in [7, 11) is 2.92. The molecule has 33 heavy (non-hydrogen) atoms. The van der Waals surface area contributed by atoms with Crippen LogP contribution in [0.15, 0.2) is 59.8 Å². The normalized spacial score (nSPS) is 19.1. The monoisotopic (exact) mass is 470 g/mol. The number of ether oxygens (including phenoxy) is 2. The van der Waals surface area contributed by atoms with Gasteiger partial charge in [-0.05, 0) is 42.0 Å². The van der Waals surface area contributed by atoms with Gasteiger partial charge in [-0.2, -0.15) is 0 Å². The van der Waals surface area contributed by atoms with Gasteiger partial charge < -0.3 is 25.0 Å². The van der Waals surface area contributed by atoms with Gasteiger partial charge in [0.1, 0.15) is 5.75 Å². The highest BCUT2D eigenvalue weighted by Crippen LogP contribution is 2.30. The average molecular weight is 471 g/mol. The van der Waals surface area contributed by atoms with Crippen molar-refractivity contribution in [3.63, 3.8) is 0 Å². The quantitative estimate of drug-likeness (QED) is 0.632. The van der Waals surface area contributed by atoms with Gasteiger partial charge in [0.15, 0.2) is 0 Å². The van der Waals surface area contributed by atoms with E-state index in [0.29, 0.717) is 28.6 Å². The van der Waals surface area contributed by atoms with Gasteiger partial charge in [0.2, 0.25) is 0 Å². The van der Waals surface area contributed by atoms with Crippen LogP contribution in [0.4, 0.5) is 10.5 Å². The number of methoxy groups -OCH3 is 2. The molecule has 2 aromatic rings. The molecule has 1 fully saturated rings. The number of carbonyl (C=O) groups is 2. The molecule has 8 nitrogen and oxygen atoms in total. The molecule has 0 aromatic heterocycles. The zero-order valence-corrected chi connectivity index (χ0v) is 19.4. The van der Waals surface area contributed by atoms with Crippen LogP contribution < -0.4 is 20.3 Å². The van der Waals surface area contributed by atoms with Crippen LogP contribution in [0.2, 0.25) is 5.02 Å². The van der Waals surface area contributed by atoms with Gasteiger partial charge in [-0.15, -0.1) is 0 Å². The smallest absolute Gasteiger partial charge is 0.338 e. The molecule has 0 aliphatic carbocycles. The summed E-state index contributed by atoms with van der Waals surface area (Å²) in [5, 5.41) is 6.40. The Balaban J connectivity index is 1.54. The molecule has 1 atom stereocenters. The highest BCUT2D eigenvalue weighted by Gasteiger charge is 2.34.